The zero-order valence-electron chi connectivity index (χ0n) is 12.8. The molecule has 118 valence electrons. The van der Waals surface area contributed by atoms with Crippen molar-refractivity contribution < 1.29 is 19.2 Å². The summed E-state index contributed by atoms with van der Waals surface area (Å²) in [6.45, 7) is 7.41. The Labute approximate surface area is 128 Å². The molecule has 0 radical (unpaired) electrons. The molecule has 1 heterocycles. The van der Waals surface area contributed by atoms with Gasteiger partial charge in [-0.05, 0) is 19.8 Å². The van der Waals surface area contributed by atoms with Gasteiger partial charge in [0.2, 0.25) is 5.91 Å². The van der Waals surface area contributed by atoms with E-state index in [2.05, 4.69) is 10.5 Å². The molecule has 7 heteroatoms. The van der Waals surface area contributed by atoms with Gasteiger partial charge in [-0.15, -0.1) is 11.8 Å². The van der Waals surface area contributed by atoms with E-state index in [1.54, 1.807) is 0 Å². The summed E-state index contributed by atoms with van der Waals surface area (Å²) in [7, 11) is 0. The van der Waals surface area contributed by atoms with E-state index < -0.39 is 12.0 Å². The van der Waals surface area contributed by atoms with Crippen LogP contribution in [0.25, 0.3) is 0 Å². The molecule has 1 amide bonds. The maximum atomic E-state index is 11.8. The zero-order valence-corrected chi connectivity index (χ0v) is 13.6. The van der Waals surface area contributed by atoms with E-state index in [4.69, 9.17) is 9.63 Å². The number of carbonyl (C=O) groups is 2. The van der Waals surface area contributed by atoms with Crippen LogP contribution >= 0.6 is 11.8 Å². The fourth-order valence-electron chi connectivity index (χ4n) is 1.85. The fourth-order valence-corrected chi connectivity index (χ4v) is 2.84. The van der Waals surface area contributed by atoms with Crippen LogP contribution < -0.4 is 5.32 Å². The third-order valence-electron chi connectivity index (χ3n) is 3.46. The number of carboxylic acids is 1. The molecule has 0 spiro atoms. The van der Waals surface area contributed by atoms with E-state index in [1.165, 1.54) is 11.8 Å². The lowest BCUT2D eigenvalue weighted by atomic mass is 9.99. The van der Waals surface area contributed by atoms with Crippen molar-refractivity contribution in [2.45, 2.75) is 45.9 Å². The highest BCUT2D eigenvalue weighted by molar-refractivity contribution is 7.99. The molecule has 0 aliphatic rings. The summed E-state index contributed by atoms with van der Waals surface area (Å²) >= 11 is 1.42. The van der Waals surface area contributed by atoms with Gasteiger partial charge in [-0.3, -0.25) is 4.79 Å². The number of aromatic nitrogens is 1. The summed E-state index contributed by atoms with van der Waals surface area (Å²) in [4.78, 5) is 23.0. The van der Waals surface area contributed by atoms with Crippen LogP contribution in [0.2, 0.25) is 0 Å². The van der Waals surface area contributed by atoms with Crippen molar-refractivity contribution in [3.8, 4) is 0 Å². The number of hydrogen-bond donors (Lipinski definition) is 2. The van der Waals surface area contributed by atoms with Gasteiger partial charge in [0, 0.05) is 11.3 Å². The Hall–Kier alpha value is -1.50. The minimum atomic E-state index is -0.992. The molecule has 1 rings (SSSR count). The van der Waals surface area contributed by atoms with Gasteiger partial charge in [-0.25, -0.2) is 4.79 Å². The van der Waals surface area contributed by atoms with Crippen LogP contribution in [0.5, 0.6) is 0 Å². The average molecular weight is 314 g/mol. The number of hydrogen-bond acceptors (Lipinski definition) is 5. The Bertz CT molecular complexity index is 482. The van der Waals surface area contributed by atoms with Crippen molar-refractivity contribution in [3.05, 3.63) is 17.0 Å². The van der Waals surface area contributed by atoms with Crippen molar-refractivity contribution in [2.24, 2.45) is 5.92 Å². The van der Waals surface area contributed by atoms with Gasteiger partial charge in [0.05, 0.1) is 11.4 Å². The van der Waals surface area contributed by atoms with Gasteiger partial charge in [0.25, 0.3) is 0 Å². The molecule has 21 heavy (non-hydrogen) atoms. The Balaban J connectivity index is 2.45. The molecule has 0 bridgehead atoms. The summed E-state index contributed by atoms with van der Waals surface area (Å²) in [5, 5.41) is 15.6. The van der Waals surface area contributed by atoms with Gasteiger partial charge in [-0.2, -0.15) is 0 Å². The van der Waals surface area contributed by atoms with E-state index >= 15 is 0 Å². The Kier molecular flexibility index (Phi) is 6.74. The van der Waals surface area contributed by atoms with Crippen LogP contribution in [0.15, 0.2) is 4.52 Å². The molecule has 0 saturated carbocycles. The lowest BCUT2D eigenvalue weighted by Crippen LogP contribution is -2.45. The molecule has 2 unspecified atom stereocenters. The Morgan fingerprint density at radius 2 is 2.10 bits per heavy atom. The van der Waals surface area contributed by atoms with Crippen LogP contribution in [0.1, 0.15) is 37.3 Å². The second-order valence-corrected chi connectivity index (χ2v) is 6.05. The molecule has 2 N–H and O–H groups in total. The minimum Gasteiger partial charge on any atom is -0.480 e. The molecule has 0 fully saturated rings. The van der Waals surface area contributed by atoms with Crippen molar-refractivity contribution in [2.75, 3.05) is 5.75 Å². The molecule has 2 atom stereocenters. The number of nitrogens with zero attached hydrogens (tertiary/aromatic N) is 1. The van der Waals surface area contributed by atoms with Gasteiger partial charge in [0.1, 0.15) is 11.8 Å². The maximum Gasteiger partial charge on any atom is 0.326 e. The Morgan fingerprint density at radius 3 is 2.57 bits per heavy atom. The largest absolute Gasteiger partial charge is 0.480 e. The molecule has 6 nitrogen and oxygen atoms in total. The van der Waals surface area contributed by atoms with Crippen molar-refractivity contribution >= 4 is 23.6 Å². The first-order chi connectivity index (χ1) is 9.86. The predicted molar refractivity (Wildman–Crippen MR) is 81.2 cm³/mol. The van der Waals surface area contributed by atoms with Crippen LogP contribution in [0.4, 0.5) is 0 Å². The average Bonchev–Trinajstić information content (AvgIpc) is 2.75. The molecule has 1 aromatic heterocycles. The van der Waals surface area contributed by atoms with Crippen LogP contribution in [0, 0.1) is 19.8 Å². The molecule has 0 saturated heterocycles. The van der Waals surface area contributed by atoms with Crippen LogP contribution in [-0.4, -0.2) is 33.9 Å². The van der Waals surface area contributed by atoms with Crippen molar-refractivity contribution in [1.82, 2.24) is 10.5 Å². The van der Waals surface area contributed by atoms with Crippen LogP contribution in [0.3, 0.4) is 0 Å². The molecular weight excluding hydrogens is 292 g/mol. The van der Waals surface area contributed by atoms with Crippen LogP contribution in [-0.2, 0) is 15.3 Å². The third kappa shape index (κ3) is 5.08. The number of rotatable bonds is 8. The first-order valence-corrected chi connectivity index (χ1v) is 8.03. The Morgan fingerprint density at radius 1 is 1.43 bits per heavy atom. The summed E-state index contributed by atoms with van der Waals surface area (Å²) in [6, 6.07) is -0.831. The number of nitrogens with one attached hydrogen (secondary N) is 1. The van der Waals surface area contributed by atoms with Gasteiger partial charge in [0.15, 0.2) is 0 Å². The highest BCUT2D eigenvalue weighted by Gasteiger charge is 2.25. The maximum absolute atomic E-state index is 11.8. The second kappa shape index (κ2) is 8.07. The van der Waals surface area contributed by atoms with Gasteiger partial charge < -0.3 is 14.9 Å². The standard InChI is InChI=1S/C14H22N2O4S/c1-5-8(2)13(14(18)19)15-12(17)7-21-6-11-9(3)16-20-10(11)4/h8,13H,5-7H2,1-4H3,(H,15,17)(H,18,19). The van der Waals surface area contributed by atoms with Gasteiger partial charge >= 0.3 is 5.97 Å². The molecular formula is C14H22N2O4S. The molecule has 0 aromatic carbocycles. The number of carboxylic acid groups (broad SMARTS) is 1. The number of amides is 1. The number of thioether (sulfide) groups is 1. The number of aliphatic carboxylic acids is 1. The SMILES string of the molecule is CCC(C)C(NC(=O)CSCc1c(C)noc1C)C(=O)O. The third-order valence-corrected chi connectivity index (χ3v) is 4.42. The highest BCUT2D eigenvalue weighted by atomic mass is 32.2. The van der Waals surface area contributed by atoms with Crippen molar-refractivity contribution in [3.63, 3.8) is 0 Å². The van der Waals surface area contributed by atoms with E-state index in [9.17, 15) is 9.59 Å². The smallest absolute Gasteiger partial charge is 0.326 e. The number of aryl methyl sites for hydroxylation is 2. The molecule has 0 aliphatic carbocycles. The lowest BCUT2D eigenvalue weighted by molar-refractivity contribution is -0.143. The van der Waals surface area contributed by atoms with E-state index in [1.807, 2.05) is 27.7 Å². The molecule has 0 aliphatic heterocycles. The first-order valence-electron chi connectivity index (χ1n) is 6.88. The number of carbonyl (C=O) groups excluding carboxylic acids is 1. The first kappa shape index (κ1) is 17.6. The summed E-state index contributed by atoms with van der Waals surface area (Å²) in [6.07, 6.45) is 0.698. The summed E-state index contributed by atoms with van der Waals surface area (Å²) < 4.78 is 5.05. The minimum absolute atomic E-state index is 0.0981. The summed E-state index contributed by atoms with van der Waals surface area (Å²) in [5.41, 5.74) is 1.81. The summed E-state index contributed by atoms with van der Waals surface area (Å²) in [5.74, 6) is 0.232. The lowest BCUT2D eigenvalue weighted by Gasteiger charge is -2.19. The molecule has 1 aromatic rings. The second-order valence-electron chi connectivity index (χ2n) is 5.06. The van der Waals surface area contributed by atoms with E-state index in [0.717, 1.165) is 17.0 Å². The predicted octanol–water partition coefficient (Wildman–Crippen LogP) is 2.14. The zero-order chi connectivity index (χ0) is 16.0. The van der Waals surface area contributed by atoms with Gasteiger partial charge in [-0.1, -0.05) is 25.4 Å². The quantitative estimate of drug-likeness (QED) is 0.763. The monoisotopic (exact) mass is 314 g/mol. The van der Waals surface area contributed by atoms with E-state index in [0.29, 0.717) is 12.2 Å². The van der Waals surface area contributed by atoms with E-state index in [-0.39, 0.29) is 17.6 Å². The highest BCUT2D eigenvalue weighted by Crippen LogP contribution is 2.19. The normalized spacial score (nSPS) is 13.7. The van der Waals surface area contributed by atoms with Crippen molar-refractivity contribution in [1.29, 1.82) is 0 Å². The topological polar surface area (TPSA) is 92.4 Å². The fraction of sp³-hybridized carbons (Fsp3) is 0.643.